The Hall–Kier alpha value is -2.17. The molecule has 1 amide bonds. The predicted molar refractivity (Wildman–Crippen MR) is 103 cm³/mol. The standard InChI is InChI=1S/C18H17BrN2O3S/c1-23-14-10-12(11-15(24-2)17(14)19)18(22)21-13-6-3-4-7-16(13)25-9-5-8-20/h3-4,6-7,10-11H,5,9H2,1-2H3,(H,21,22). The highest BCUT2D eigenvalue weighted by molar-refractivity contribution is 9.10. The summed E-state index contributed by atoms with van der Waals surface area (Å²) in [6.45, 7) is 0. The van der Waals surface area contributed by atoms with Crippen molar-refractivity contribution in [1.82, 2.24) is 0 Å². The van der Waals surface area contributed by atoms with Crippen LogP contribution in [0.5, 0.6) is 11.5 Å². The van der Waals surface area contributed by atoms with E-state index in [9.17, 15) is 4.79 Å². The van der Waals surface area contributed by atoms with Gasteiger partial charge in [-0.3, -0.25) is 4.79 Å². The molecule has 0 atom stereocenters. The van der Waals surface area contributed by atoms with Gasteiger partial charge in [-0.1, -0.05) is 12.1 Å². The number of carbonyl (C=O) groups is 1. The molecule has 0 aliphatic heterocycles. The van der Waals surface area contributed by atoms with E-state index < -0.39 is 0 Å². The maximum absolute atomic E-state index is 12.6. The SMILES string of the molecule is COc1cc(C(=O)Nc2ccccc2SCCC#N)cc(OC)c1Br. The average molecular weight is 421 g/mol. The number of amides is 1. The summed E-state index contributed by atoms with van der Waals surface area (Å²) in [4.78, 5) is 13.6. The number of ether oxygens (including phenoxy) is 2. The van der Waals surface area contributed by atoms with Crippen LogP contribution in [-0.4, -0.2) is 25.9 Å². The summed E-state index contributed by atoms with van der Waals surface area (Å²) in [5.74, 6) is 1.43. The molecular weight excluding hydrogens is 404 g/mol. The second kappa shape index (κ2) is 9.35. The summed E-state index contributed by atoms with van der Waals surface area (Å²) in [5.41, 5.74) is 1.13. The minimum Gasteiger partial charge on any atom is -0.495 e. The number of carbonyl (C=O) groups excluding carboxylic acids is 1. The van der Waals surface area contributed by atoms with Crippen LogP contribution in [0, 0.1) is 11.3 Å². The molecule has 5 nitrogen and oxygen atoms in total. The highest BCUT2D eigenvalue weighted by Crippen LogP contribution is 2.36. The molecular formula is C18H17BrN2O3S. The van der Waals surface area contributed by atoms with Crippen molar-refractivity contribution < 1.29 is 14.3 Å². The van der Waals surface area contributed by atoms with Gasteiger partial charge in [0.1, 0.15) is 16.0 Å². The van der Waals surface area contributed by atoms with E-state index in [2.05, 4.69) is 27.3 Å². The molecule has 1 N–H and O–H groups in total. The number of thioether (sulfide) groups is 1. The Kier molecular flexibility index (Phi) is 7.16. The van der Waals surface area contributed by atoms with Crippen LogP contribution < -0.4 is 14.8 Å². The van der Waals surface area contributed by atoms with Crippen LogP contribution in [0.4, 0.5) is 5.69 Å². The molecule has 0 bridgehead atoms. The fourth-order valence-corrected chi connectivity index (χ4v) is 3.51. The van der Waals surface area contributed by atoms with Crippen LogP contribution in [0.2, 0.25) is 0 Å². The molecule has 2 rings (SSSR count). The smallest absolute Gasteiger partial charge is 0.255 e. The summed E-state index contributed by atoms with van der Waals surface area (Å²) in [5, 5.41) is 11.6. The van der Waals surface area contributed by atoms with Crippen LogP contribution in [0.1, 0.15) is 16.8 Å². The largest absolute Gasteiger partial charge is 0.495 e. The third-order valence-electron chi connectivity index (χ3n) is 3.31. The molecule has 2 aromatic rings. The van der Waals surface area contributed by atoms with Gasteiger partial charge in [0.15, 0.2) is 0 Å². The minimum atomic E-state index is -0.266. The molecule has 0 radical (unpaired) electrons. The van der Waals surface area contributed by atoms with Gasteiger partial charge in [0.05, 0.1) is 26.0 Å². The van der Waals surface area contributed by atoms with Crippen molar-refractivity contribution in [2.75, 3.05) is 25.3 Å². The van der Waals surface area contributed by atoms with Crippen molar-refractivity contribution in [3.05, 3.63) is 46.4 Å². The van der Waals surface area contributed by atoms with Gasteiger partial charge in [-0.15, -0.1) is 11.8 Å². The molecule has 0 saturated heterocycles. The molecule has 0 fully saturated rings. The number of nitriles is 1. The number of benzene rings is 2. The fourth-order valence-electron chi connectivity index (χ4n) is 2.10. The Balaban J connectivity index is 2.24. The second-order valence-corrected chi connectivity index (χ2v) is 6.83. The van der Waals surface area contributed by atoms with E-state index in [4.69, 9.17) is 14.7 Å². The zero-order chi connectivity index (χ0) is 18.2. The highest BCUT2D eigenvalue weighted by atomic mass is 79.9. The van der Waals surface area contributed by atoms with E-state index in [0.717, 1.165) is 4.90 Å². The fraction of sp³-hybridized carbons (Fsp3) is 0.222. The van der Waals surface area contributed by atoms with Crippen LogP contribution in [0.15, 0.2) is 45.8 Å². The number of nitrogens with zero attached hydrogens (tertiary/aromatic N) is 1. The predicted octanol–water partition coefficient (Wildman–Crippen LogP) is 4.72. The number of para-hydroxylation sites is 1. The molecule has 0 aliphatic carbocycles. The van der Waals surface area contributed by atoms with Crippen LogP contribution in [-0.2, 0) is 0 Å². The normalized spacial score (nSPS) is 10.0. The summed E-state index contributed by atoms with van der Waals surface area (Å²) in [6, 6.07) is 12.9. The second-order valence-electron chi connectivity index (χ2n) is 4.90. The van der Waals surface area contributed by atoms with Gasteiger partial charge in [0.2, 0.25) is 0 Å². The molecule has 0 aromatic heterocycles. The number of halogens is 1. The molecule has 130 valence electrons. The third-order valence-corrected chi connectivity index (χ3v) is 5.17. The highest BCUT2D eigenvalue weighted by Gasteiger charge is 2.15. The van der Waals surface area contributed by atoms with Crippen molar-refractivity contribution in [3.8, 4) is 17.6 Å². The Morgan fingerprint density at radius 3 is 2.48 bits per heavy atom. The quantitative estimate of drug-likeness (QED) is 0.517. The van der Waals surface area contributed by atoms with Gasteiger partial charge in [-0.2, -0.15) is 5.26 Å². The lowest BCUT2D eigenvalue weighted by atomic mass is 10.1. The molecule has 0 unspecified atom stereocenters. The first kappa shape index (κ1) is 19.2. The van der Waals surface area contributed by atoms with E-state index in [1.807, 2.05) is 24.3 Å². The zero-order valence-corrected chi connectivity index (χ0v) is 16.2. The number of anilines is 1. The van der Waals surface area contributed by atoms with E-state index in [0.29, 0.717) is 39.4 Å². The molecule has 2 aromatic carbocycles. The molecule has 7 heteroatoms. The monoisotopic (exact) mass is 420 g/mol. The van der Waals surface area contributed by atoms with Crippen LogP contribution in [0.3, 0.4) is 0 Å². The van der Waals surface area contributed by atoms with Crippen molar-refractivity contribution in [1.29, 1.82) is 5.26 Å². The molecule has 25 heavy (non-hydrogen) atoms. The number of hydrogen-bond acceptors (Lipinski definition) is 5. The first-order valence-electron chi connectivity index (χ1n) is 7.42. The summed E-state index contributed by atoms with van der Waals surface area (Å²) in [7, 11) is 3.06. The maximum atomic E-state index is 12.6. The lowest BCUT2D eigenvalue weighted by Gasteiger charge is -2.13. The van der Waals surface area contributed by atoms with Gasteiger partial charge in [-0.05, 0) is 40.2 Å². The topological polar surface area (TPSA) is 71.3 Å². The van der Waals surface area contributed by atoms with Gasteiger partial charge < -0.3 is 14.8 Å². The Morgan fingerprint density at radius 1 is 1.24 bits per heavy atom. The molecule has 0 aliphatic rings. The maximum Gasteiger partial charge on any atom is 0.255 e. The lowest BCUT2D eigenvalue weighted by molar-refractivity contribution is 0.102. The summed E-state index contributed by atoms with van der Waals surface area (Å²) >= 11 is 4.92. The van der Waals surface area contributed by atoms with E-state index in [1.165, 1.54) is 26.0 Å². The van der Waals surface area contributed by atoms with Crippen LogP contribution in [0.25, 0.3) is 0 Å². The van der Waals surface area contributed by atoms with Crippen molar-refractivity contribution in [3.63, 3.8) is 0 Å². The Morgan fingerprint density at radius 2 is 1.88 bits per heavy atom. The van der Waals surface area contributed by atoms with E-state index in [1.54, 1.807) is 12.1 Å². The van der Waals surface area contributed by atoms with Crippen molar-refractivity contribution in [2.45, 2.75) is 11.3 Å². The Labute approximate surface area is 159 Å². The van der Waals surface area contributed by atoms with Gasteiger partial charge in [-0.25, -0.2) is 0 Å². The zero-order valence-electron chi connectivity index (χ0n) is 13.8. The van der Waals surface area contributed by atoms with E-state index >= 15 is 0 Å². The van der Waals surface area contributed by atoms with Crippen molar-refractivity contribution >= 4 is 39.3 Å². The lowest BCUT2D eigenvalue weighted by Crippen LogP contribution is -2.13. The molecule has 0 heterocycles. The number of rotatable bonds is 7. The van der Waals surface area contributed by atoms with E-state index in [-0.39, 0.29) is 5.91 Å². The number of methoxy groups -OCH3 is 2. The van der Waals surface area contributed by atoms with Gasteiger partial charge >= 0.3 is 0 Å². The number of nitrogens with one attached hydrogen (secondary N) is 1. The van der Waals surface area contributed by atoms with Crippen molar-refractivity contribution in [2.24, 2.45) is 0 Å². The van der Waals surface area contributed by atoms with Gasteiger partial charge in [0.25, 0.3) is 5.91 Å². The first-order valence-corrected chi connectivity index (χ1v) is 9.20. The molecule has 0 spiro atoms. The average Bonchev–Trinajstić information content (AvgIpc) is 2.63. The molecule has 0 saturated carbocycles. The summed E-state index contributed by atoms with van der Waals surface area (Å²) in [6.07, 6.45) is 0.452. The third kappa shape index (κ3) is 4.91. The number of hydrogen-bond donors (Lipinski definition) is 1. The van der Waals surface area contributed by atoms with Gasteiger partial charge in [0, 0.05) is 22.6 Å². The minimum absolute atomic E-state index is 0.266. The first-order chi connectivity index (χ1) is 12.1. The summed E-state index contributed by atoms with van der Waals surface area (Å²) < 4.78 is 11.2. The Bertz CT molecular complexity index is 780. The van der Waals surface area contributed by atoms with Crippen LogP contribution >= 0.6 is 27.7 Å².